The highest BCUT2D eigenvalue weighted by Gasteiger charge is 2.53. The van der Waals surface area contributed by atoms with Crippen molar-refractivity contribution < 1.29 is 28.2 Å². The van der Waals surface area contributed by atoms with Crippen molar-refractivity contribution in [1.29, 1.82) is 0 Å². The standard InChI is InChI=1S/C26H27F2N3O4/c1-25(2,13-34-3)23-22(15-10-26(28,11-15)24(32)33)17-9-19-14(12-29-30-19)7-20(17)31(23)16-5-6-18(27)21(8-16)35-4/h5-9,12,15H,10-11,13H2,1-4H3,(H,29,30)(H,32,33)/t15-,26+. The van der Waals surface area contributed by atoms with Crippen LogP contribution in [0.25, 0.3) is 27.5 Å². The summed E-state index contributed by atoms with van der Waals surface area (Å²) in [5.41, 5.74) is 1.25. The van der Waals surface area contributed by atoms with Crippen molar-refractivity contribution in [1.82, 2.24) is 14.8 Å². The molecule has 0 amide bonds. The van der Waals surface area contributed by atoms with E-state index in [9.17, 15) is 18.7 Å². The van der Waals surface area contributed by atoms with E-state index in [0.717, 1.165) is 33.1 Å². The van der Waals surface area contributed by atoms with Crippen molar-refractivity contribution in [3.05, 3.63) is 53.6 Å². The second-order valence-electron chi connectivity index (χ2n) is 9.94. The van der Waals surface area contributed by atoms with Gasteiger partial charge in [0.25, 0.3) is 0 Å². The fourth-order valence-electron chi connectivity index (χ4n) is 5.41. The van der Waals surface area contributed by atoms with Gasteiger partial charge in [-0.25, -0.2) is 13.6 Å². The number of aromatic amines is 1. The summed E-state index contributed by atoms with van der Waals surface area (Å²) in [5.74, 6) is -2.13. The predicted molar refractivity (Wildman–Crippen MR) is 128 cm³/mol. The molecule has 1 saturated carbocycles. The molecule has 1 aliphatic carbocycles. The molecule has 2 N–H and O–H groups in total. The summed E-state index contributed by atoms with van der Waals surface area (Å²) >= 11 is 0. The number of halogens is 2. The maximum absolute atomic E-state index is 14.9. The minimum absolute atomic E-state index is 0.100. The number of aliphatic carboxylic acids is 1. The Balaban J connectivity index is 1.86. The normalized spacial score (nSPS) is 20.3. The lowest BCUT2D eigenvalue weighted by Gasteiger charge is -2.40. The Morgan fingerprint density at radius 3 is 2.69 bits per heavy atom. The van der Waals surface area contributed by atoms with Gasteiger partial charge in [0.15, 0.2) is 11.6 Å². The molecule has 0 bridgehead atoms. The first-order valence-corrected chi connectivity index (χ1v) is 11.4. The van der Waals surface area contributed by atoms with Crippen LogP contribution in [0.4, 0.5) is 8.78 Å². The number of H-pyrrole nitrogens is 1. The van der Waals surface area contributed by atoms with Gasteiger partial charge in [0, 0.05) is 40.7 Å². The number of rotatable bonds is 7. The molecule has 0 unspecified atom stereocenters. The number of nitrogens with zero attached hydrogens (tertiary/aromatic N) is 2. The number of benzene rings is 2. The monoisotopic (exact) mass is 483 g/mol. The third kappa shape index (κ3) is 3.56. The van der Waals surface area contributed by atoms with E-state index in [1.54, 1.807) is 25.4 Å². The van der Waals surface area contributed by atoms with Crippen LogP contribution < -0.4 is 4.74 Å². The lowest BCUT2D eigenvalue weighted by Crippen LogP contribution is -2.46. The maximum atomic E-state index is 14.9. The van der Waals surface area contributed by atoms with Gasteiger partial charge in [0.2, 0.25) is 5.67 Å². The van der Waals surface area contributed by atoms with Gasteiger partial charge in [-0.05, 0) is 48.6 Å². The molecule has 1 fully saturated rings. The van der Waals surface area contributed by atoms with Crippen molar-refractivity contribution in [3.8, 4) is 11.4 Å². The summed E-state index contributed by atoms with van der Waals surface area (Å²) in [4.78, 5) is 11.5. The van der Waals surface area contributed by atoms with Gasteiger partial charge in [0.1, 0.15) is 0 Å². The van der Waals surface area contributed by atoms with Crippen LogP contribution in [0.2, 0.25) is 0 Å². The van der Waals surface area contributed by atoms with Crippen molar-refractivity contribution in [2.24, 2.45) is 0 Å². The van der Waals surface area contributed by atoms with E-state index >= 15 is 0 Å². The van der Waals surface area contributed by atoms with Crippen LogP contribution in [-0.4, -0.2) is 52.3 Å². The number of carboxylic acid groups (broad SMARTS) is 1. The highest BCUT2D eigenvalue weighted by atomic mass is 19.1. The number of ether oxygens (including phenoxy) is 2. The number of carboxylic acids is 1. The lowest BCUT2D eigenvalue weighted by atomic mass is 9.67. The Morgan fingerprint density at radius 2 is 2.03 bits per heavy atom. The Hall–Kier alpha value is -3.46. The van der Waals surface area contributed by atoms with Crippen LogP contribution >= 0.6 is 0 Å². The fraction of sp³-hybridized carbons (Fsp3) is 0.385. The number of hydrogen-bond acceptors (Lipinski definition) is 4. The zero-order valence-corrected chi connectivity index (χ0v) is 20.0. The molecule has 0 aliphatic heterocycles. The van der Waals surface area contributed by atoms with Crippen LogP contribution in [0.1, 0.15) is 43.9 Å². The molecule has 0 radical (unpaired) electrons. The Kier molecular flexibility index (Phi) is 5.36. The minimum Gasteiger partial charge on any atom is -0.494 e. The molecule has 2 aromatic carbocycles. The highest BCUT2D eigenvalue weighted by Crippen LogP contribution is 2.53. The summed E-state index contributed by atoms with van der Waals surface area (Å²) in [5, 5.41) is 18.3. The molecule has 0 saturated heterocycles. The van der Waals surface area contributed by atoms with E-state index < -0.39 is 22.9 Å². The number of hydrogen-bond donors (Lipinski definition) is 2. The van der Waals surface area contributed by atoms with Gasteiger partial charge < -0.3 is 19.1 Å². The molecule has 1 aliphatic rings. The third-order valence-electron chi connectivity index (χ3n) is 7.04. The van der Waals surface area contributed by atoms with Gasteiger partial charge >= 0.3 is 5.97 Å². The summed E-state index contributed by atoms with van der Waals surface area (Å²) in [7, 11) is 3.03. The van der Waals surface area contributed by atoms with Crippen molar-refractivity contribution >= 4 is 27.8 Å². The second-order valence-corrected chi connectivity index (χ2v) is 9.94. The summed E-state index contributed by atoms with van der Waals surface area (Å²) in [6, 6.07) is 8.60. The van der Waals surface area contributed by atoms with E-state index in [1.807, 2.05) is 30.5 Å². The largest absolute Gasteiger partial charge is 0.494 e. The fourth-order valence-corrected chi connectivity index (χ4v) is 5.41. The number of carbonyl (C=O) groups is 1. The Labute approximate surface area is 200 Å². The number of fused-ring (bicyclic) bond motifs is 2. The van der Waals surface area contributed by atoms with E-state index in [-0.39, 0.29) is 24.5 Å². The molecule has 0 spiro atoms. The minimum atomic E-state index is -2.25. The van der Waals surface area contributed by atoms with Crippen LogP contribution in [0, 0.1) is 5.82 Å². The van der Waals surface area contributed by atoms with Crippen LogP contribution in [-0.2, 0) is 14.9 Å². The molecular weight excluding hydrogens is 456 g/mol. The van der Waals surface area contributed by atoms with Crippen molar-refractivity contribution in [2.45, 2.75) is 43.7 Å². The van der Waals surface area contributed by atoms with E-state index in [4.69, 9.17) is 9.47 Å². The SMILES string of the molecule is COCC(C)(C)c1c([C@H]2C[C@](F)(C(=O)O)C2)c2cc3[nH]ncc3cc2n1-c1ccc(F)c(OC)c1. The molecule has 2 aromatic heterocycles. The van der Waals surface area contributed by atoms with E-state index in [2.05, 4.69) is 10.2 Å². The van der Waals surface area contributed by atoms with Crippen molar-refractivity contribution in [2.75, 3.05) is 20.8 Å². The average molecular weight is 484 g/mol. The zero-order chi connectivity index (χ0) is 25.1. The average Bonchev–Trinajstić information content (AvgIpc) is 3.37. The van der Waals surface area contributed by atoms with Gasteiger partial charge in [0.05, 0.1) is 30.9 Å². The van der Waals surface area contributed by atoms with Crippen molar-refractivity contribution in [3.63, 3.8) is 0 Å². The summed E-state index contributed by atoms with van der Waals surface area (Å²) in [6.07, 6.45) is 1.48. The quantitative estimate of drug-likeness (QED) is 0.375. The van der Waals surface area contributed by atoms with Crippen LogP contribution in [0.15, 0.2) is 36.5 Å². The molecule has 5 rings (SSSR count). The maximum Gasteiger partial charge on any atom is 0.341 e. The molecule has 2 heterocycles. The molecule has 35 heavy (non-hydrogen) atoms. The second kappa shape index (κ2) is 8.05. The first-order chi connectivity index (χ1) is 16.6. The zero-order valence-electron chi connectivity index (χ0n) is 20.0. The Morgan fingerprint density at radius 1 is 1.29 bits per heavy atom. The molecule has 4 aromatic rings. The van der Waals surface area contributed by atoms with E-state index in [1.165, 1.54) is 13.2 Å². The van der Waals surface area contributed by atoms with Crippen LogP contribution in [0.5, 0.6) is 5.75 Å². The molecule has 9 heteroatoms. The number of methoxy groups -OCH3 is 2. The summed E-state index contributed by atoms with van der Waals surface area (Å²) < 4.78 is 42.1. The summed E-state index contributed by atoms with van der Waals surface area (Å²) in [6.45, 7) is 4.41. The molecular formula is C26H27F2N3O4. The van der Waals surface area contributed by atoms with Gasteiger partial charge in [-0.15, -0.1) is 0 Å². The number of aromatic nitrogens is 3. The number of alkyl halides is 1. The van der Waals surface area contributed by atoms with Gasteiger partial charge in [-0.1, -0.05) is 13.8 Å². The predicted octanol–water partition coefficient (Wildman–Crippen LogP) is 5.25. The smallest absolute Gasteiger partial charge is 0.341 e. The van der Waals surface area contributed by atoms with Gasteiger partial charge in [-0.3, -0.25) is 5.10 Å². The first kappa shape index (κ1) is 23.3. The molecule has 184 valence electrons. The first-order valence-electron chi connectivity index (χ1n) is 11.4. The number of nitrogens with one attached hydrogen (secondary N) is 1. The topological polar surface area (TPSA) is 89.4 Å². The van der Waals surface area contributed by atoms with Gasteiger partial charge in [-0.2, -0.15) is 5.10 Å². The van der Waals surface area contributed by atoms with E-state index in [0.29, 0.717) is 12.3 Å². The lowest BCUT2D eigenvalue weighted by molar-refractivity contribution is -0.158. The molecule has 0 atom stereocenters. The Bertz CT molecular complexity index is 1450. The third-order valence-corrected chi connectivity index (χ3v) is 7.04. The molecule has 7 nitrogen and oxygen atoms in total. The highest BCUT2D eigenvalue weighted by molar-refractivity contribution is 5.99. The van der Waals surface area contributed by atoms with Crippen LogP contribution in [0.3, 0.4) is 0 Å².